The first-order chi connectivity index (χ1) is 9.15. The van der Waals surface area contributed by atoms with E-state index in [4.69, 9.17) is 10.6 Å². The molecular weight excluding hydrogens is 304 g/mol. The molecule has 0 bridgehead atoms. The quantitative estimate of drug-likeness (QED) is 0.671. The summed E-state index contributed by atoms with van der Waals surface area (Å²) in [5.41, 5.74) is 6.19. The number of aryl methyl sites for hydroxylation is 1. The molecule has 2 aromatic carbocycles. The van der Waals surface area contributed by atoms with Gasteiger partial charge in [-0.1, -0.05) is 51.8 Å². The Morgan fingerprint density at radius 3 is 2.42 bits per heavy atom. The Balaban J connectivity index is 2.44. The molecule has 0 heterocycles. The molecular formula is C15H17BrN2O. The van der Waals surface area contributed by atoms with Crippen LogP contribution in [0.5, 0.6) is 5.75 Å². The van der Waals surface area contributed by atoms with Crippen molar-refractivity contribution in [1.82, 2.24) is 5.43 Å². The lowest BCUT2D eigenvalue weighted by Gasteiger charge is -2.20. The van der Waals surface area contributed by atoms with Gasteiger partial charge in [-0.3, -0.25) is 5.84 Å². The van der Waals surface area contributed by atoms with Crippen LogP contribution in [0.15, 0.2) is 46.9 Å². The summed E-state index contributed by atoms with van der Waals surface area (Å²) >= 11 is 3.44. The molecule has 2 rings (SSSR count). The third-order valence-corrected chi connectivity index (χ3v) is 3.58. The maximum atomic E-state index is 5.72. The van der Waals surface area contributed by atoms with Crippen molar-refractivity contribution in [2.24, 2.45) is 5.84 Å². The monoisotopic (exact) mass is 320 g/mol. The van der Waals surface area contributed by atoms with Gasteiger partial charge in [0.2, 0.25) is 0 Å². The Kier molecular flexibility index (Phi) is 4.58. The predicted molar refractivity (Wildman–Crippen MR) is 81.0 cm³/mol. The van der Waals surface area contributed by atoms with Crippen molar-refractivity contribution in [1.29, 1.82) is 0 Å². The van der Waals surface area contributed by atoms with Gasteiger partial charge in [0.25, 0.3) is 0 Å². The Labute approximate surface area is 121 Å². The summed E-state index contributed by atoms with van der Waals surface area (Å²) in [5, 5.41) is 0. The first-order valence-corrected chi connectivity index (χ1v) is 6.81. The average Bonchev–Trinajstić information content (AvgIpc) is 2.43. The molecule has 0 saturated carbocycles. The molecule has 0 spiro atoms. The highest BCUT2D eigenvalue weighted by Crippen LogP contribution is 2.31. The second-order valence-corrected chi connectivity index (χ2v) is 5.31. The van der Waals surface area contributed by atoms with Crippen LogP contribution in [0.25, 0.3) is 0 Å². The number of methoxy groups -OCH3 is 1. The number of hydrogen-bond donors (Lipinski definition) is 2. The second kappa shape index (κ2) is 6.19. The van der Waals surface area contributed by atoms with Gasteiger partial charge in [0.15, 0.2) is 0 Å². The number of rotatable bonds is 4. The van der Waals surface area contributed by atoms with E-state index in [-0.39, 0.29) is 6.04 Å². The molecule has 2 aromatic rings. The molecule has 1 atom stereocenters. The lowest BCUT2D eigenvalue weighted by molar-refractivity contribution is 0.404. The smallest absolute Gasteiger partial charge is 0.125 e. The lowest BCUT2D eigenvalue weighted by atomic mass is 9.97. The van der Waals surface area contributed by atoms with Gasteiger partial charge >= 0.3 is 0 Å². The van der Waals surface area contributed by atoms with E-state index in [2.05, 4.69) is 52.5 Å². The highest BCUT2D eigenvalue weighted by atomic mass is 79.9. The molecule has 0 aromatic heterocycles. The summed E-state index contributed by atoms with van der Waals surface area (Å²) in [5.74, 6) is 6.52. The van der Waals surface area contributed by atoms with Crippen molar-refractivity contribution in [3.05, 3.63) is 63.6 Å². The summed E-state index contributed by atoms with van der Waals surface area (Å²) in [6.07, 6.45) is 0. The van der Waals surface area contributed by atoms with Crippen LogP contribution >= 0.6 is 15.9 Å². The minimum atomic E-state index is -0.0938. The summed E-state index contributed by atoms with van der Waals surface area (Å²) in [4.78, 5) is 0. The normalized spacial score (nSPS) is 12.2. The molecule has 100 valence electrons. The van der Waals surface area contributed by atoms with Crippen LogP contribution in [0, 0.1) is 6.92 Å². The first kappa shape index (κ1) is 14.1. The number of hydrazine groups is 1. The molecule has 19 heavy (non-hydrogen) atoms. The number of nitrogens with two attached hydrogens (primary N) is 1. The highest BCUT2D eigenvalue weighted by molar-refractivity contribution is 9.10. The number of ether oxygens (including phenoxy) is 1. The van der Waals surface area contributed by atoms with Gasteiger partial charge in [-0.25, -0.2) is 5.43 Å². The van der Waals surface area contributed by atoms with Crippen LogP contribution < -0.4 is 16.0 Å². The van der Waals surface area contributed by atoms with E-state index in [0.717, 1.165) is 21.3 Å². The SMILES string of the molecule is COc1cc(Br)ccc1C(NN)c1ccc(C)cc1. The van der Waals surface area contributed by atoms with Crippen molar-refractivity contribution in [3.63, 3.8) is 0 Å². The molecule has 0 saturated heterocycles. The Morgan fingerprint density at radius 1 is 1.16 bits per heavy atom. The predicted octanol–water partition coefficient (Wildman–Crippen LogP) is 3.32. The van der Waals surface area contributed by atoms with E-state index in [1.807, 2.05) is 18.2 Å². The van der Waals surface area contributed by atoms with Crippen molar-refractivity contribution in [2.45, 2.75) is 13.0 Å². The molecule has 0 aliphatic carbocycles. The third-order valence-electron chi connectivity index (χ3n) is 3.08. The fourth-order valence-electron chi connectivity index (χ4n) is 2.05. The number of halogens is 1. The minimum Gasteiger partial charge on any atom is -0.496 e. The van der Waals surface area contributed by atoms with E-state index in [1.165, 1.54) is 5.56 Å². The molecule has 0 aliphatic rings. The van der Waals surface area contributed by atoms with Gasteiger partial charge in [-0.15, -0.1) is 0 Å². The van der Waals surface area contributed by atoms with Crippen LogP contribution in [0.4, 0.5) is 0 Å². The van der Waals surface area contributed by atoms with Gasteiger partial charge in [-0.05, 0) is 24.6 Å². The molecule has 4 heteroatoms. The van der Waals surface area contributed by atoms with Gasteiger partial charge in [-0.2, -0.15) is 0 Å². The zero-order valence-corrected chi connectivity index (χ0v) is 12.6. The number of benzene rings is 2. The lowest BCUT2D eigenvalue weighted by Crippen LogP contribution is -2.29. The van der Waals surface area contributed by atoms with E-state index in [0.29, 0.717) is 0 Å². The summed E-state index contributed by atoms with van der Waals surface area (Å²) in [6, 6.07) is 14.1. The number of nitrogens with one attached hydrogen (secondary N) is 1. The molecule has 1 unspecified atom stereocenters. The minimum absolute atomic E-state index is 0.0938. The largest absolute Gasteiger partial charge is 0.496 e. The summed E-state index contributed by atoms with van der Waals surface area (Å²) < 4.78 is 6.41. The van der Waals surface area contributed by atoms with E-state index in [1.54, 1.807) is 7.11 Å². The topological polar surface area (TPSA) is 47.3 Å². The van der Waals surface area contributed by atoms with Crippen molar-refractivity contribution in [2.75, 3.05) is 7.11 Å². The summed E-state index contributed by atoms with van der Waals surface area (Å²) in [6.45, 7) is 2.06. The van der Waals surface area contributed by atoms with Crippen LogP contribution in [-0.4, -0.2) is 7.11 Å². The molecule has 0 amide bonds. The van der Waals surface area contributed by atoms with Crippen molar-refractivity contribution >= 4 is 15.9 Å². The van der Waals surface area contributed by atoms with E-state index < -0.39 is 0 Å². The van der Waals surface area contributed by atoms with Crippen LogP contribution in [0.2, 0.25) is 0 Å². The zero-order chi connectivity index (χ0) is 13.8. The average molecular weight is 321 g/mol. The van der Waals surface area contributed by atoms with E-state index >= 15 is 0 Å². The molecule has 3 nitrogen and oxygen atoms in total. The Bertz CT molecular complexity index is 555. The second-order valence-electron chi connectivity index (χ2n) is 4.40. The maximum Gasteiger partial charge on any atom is 0.125 e. The van der Waals surface area contributed by atoms with Gasteiger partial charge in [0.1, 0.15) is 5.75 Å². The Morgan fingerprint density at radius 2 is 1.84 bits per heavy atom. The van der Waals surface area contributed by atoms with Crippen LogP contribution in [-0.2, 0) is 0 Å². The third kappa shape index (κ3) is 3.15. The van der Waals surface area contributed by atoms with Crippen molar-refractivity contribution < 1.29 is 4.74 Å². The maximum absolute atomic E-state index is 5.72. The fraction of sp³-hybridized carbons (Fsp3) is 0.200. The zero-order valence-electron chi connectivity index (χ0n) is 11.0. The molecule has 0 aliphatic heterocycles. The van der Waals surface area contributed by atoms with Gasteiger partial charge < -0.3 is 4.74 Å². The number of hydrogen-bond acceptors (Lipinski definition) is 3. The molecule has 0 fully saturated rings. The first-order valence-electron chi connectivity index (χ1n) is 6.02. The van der Waals surface area contributed by atoms with E-state index in [9.17, 15) is 0 Å². The standard InChI is InChI=1S/C15H17BrN2O/c1-10-3-5-11(6-4-10)15(18-17)13-8-7-12(16)9-14(13)19-2/h3-9,15,18H,17H2,1-2H3. The van der Waals surface area contributed by atoms with Gasteiger partial charge in [0, 0.05) is 10.0 Å². The van der Waals surface area contributed by atoms with Crippen LogP contribution in [0.3, 0.4) is 0 Å². The summed E-state index contributed by atoms with van der Waals surface area (Å²) in [7, 11) is 1.66. The fourth-order valence-corrected chi connectivity index (χ4v) is 2.39. The van der Waals surface area contributed by atoms with Gasteiger partial charge in [0.05, 0.1) is 13.2 Å². The molecule has 0 radical (unpaired) electrons. The Hall–Kier alpha value is -1.36. The van der Waals surface area contributed by atoms with Crippen molar-refractivity contribution in [3.8, 4) is 5.75 Å². The van der Waals surface area contributed by atoms with Crippen LogP contribution in [0.1, 0.15) is 22.7 Å². The highest BCUT2D eigenvalue weighted by Gasteiger charge is 2.16. The molecule has 3 N–H and O–H groups in total.